The molecule has 0 saturated heterocycles. The molecule has 1 rings (SSSR count). The summed E-state index contributed by atoms with van der Waals surface area (Å²) in [6.45, 7) is -0.698. The number of nitrogens with two attached hydrogens (primary N) is 1. The Balaban J connectivity index is 2.84. The normalized spacial score (nSPS) is 9.79. The van der Waals surface area contributed by atoms with Gasteiger partial charge in [-0.3, -0.25) is 0 Å². The Morgan fingerprint density at radius 3 is 2.79 bits per heavy atom. The molecule has 0 aliphatic heterocycles. The number of carboxylic acids is 1. The number of carboxylic acid groups (broad SMARTS) is 1. The number of aromatic carboxylic acids is 1. The second kappa shape index (κ2) is 4.45. The van der Waals surface area contributed by atoms with Gasteiger partial charge in [0.2, 0.25) is 0 Å². The summed E-state index contributed by atoms with van der Waals surface area (Å²) < 4.78 is 16.7. The monoisotopic (exact) mass is 199 g/mol. The minimum absolute atomic E-state index is 0.0788. The number of nitrogen functional groups attached to an aromatic ring is 1. The van der Waals surface area contributed by atoms with Crippen LogP contribution in [0.1, 0.15) is 10.4 Å². The average molecular weight is 199 g/mol. The number of hydrogen-bond donors (Lipinski definition) is 2. The molecular weight excluding hydrogens is 189 g/mol. The Bertz CT molecular complexity index is 341. The van der Waals surface area contributed by atoms with Crippen molar-refractivity contribution in [1.82, 2.24) is 0 Å². The zero-order valence-electron chi connectivity index (χ0n) is 7.37. The molecular formula is C9H10FNO3. The fraction of sp³-hybridized carbons (Fsp3) is 0.222. The van der Waals surface area contributed by atoms with Gasteiger partial charge in [0.15, 0.2) is 0 Å². The number of benzene rings is 1. The third-order valence-electron chi connectivity index (χ3n) is 1.59. The van der Waals surface area contributed by atoms with E-state index in [2.05, 4.69) is 0 Å². The molecule has 0 heterocycles. The molecule has 0 aliphatic carbocycles. The van der Waals surface area contributed by atoms with E-state index in [0.717, 1.165) is 0 Å². The summed E-state index contributed by atoms with van der Waals surface area (Å²) in [4.78, 5) is 10.5. The quantitative estimate of drug-likeness (QED) is 0.717. The number of carbonyl (C=O) groups is 1. The van der Waals surface area contributed by atoms with Gasteiger partial charge in [0.1, 0.15) is 19.0 Å². The first-order valence-corrected chi connectivity index (χ1v) is 3.96. The van der Waals surface area contributed by atoms with Gasteiger partial charge in [0.25, 0.3) is 0 Å². The lowest BCUT2D eigenvalue weighted by Gasteiger charge is -2.07. The predicted octanol–water partition coefficient (Wildman–Crippen LogP) is 1.32. The molecule has 0 aromatic heterocycles. The average Bonchev–Trinajstić information content (AvgIpc) is 2.15. The van der Waals surface area contributed by atoms with Crippen LogP contribution >= 0.6 is 0 Å². The fourth-order valence-corrected chi connectivity index (χ4v) is 0.961. The highest BCUT2D eigenvalue weighted by molar-refractivity contribution is 5.89. The van der Waals surface area contributed by atoms with Gasteiger partial charge >= 0.3 is 5.97 Å². The van der Waals surface area contributed by atoms with Gasteiger partial charge in [-0.2, -0.15) is 0 Å². The van der Waals surface area contributed by atoms with E-state index in [-0.39, 0.29) is 17.9 Å². The molecule has 1 aromatic rings. The molecule has 0 saturated carbocycles. The van der Waals surface area contributed by atoms with Crippen LogP contribution in [0.3, 0.4) is 0 Å². The van der Waals surface area contributed by atoms with E-state index in [4.69, 9.17) is 15.6 Å². The van der Waals surface area contributed by atoms with Crippen LogP contribution in [0, 0.1) is 0 Å². The van der Waals surface area contributed by atoms with E-state index in [1.807, 2.05) is 0 Å². The van der Waals surface area contributed by atoms with Crippen LogP contribution in [0.25, 0.3) is 0 Å². The smallest absolute Gasteiger partial charge is 0.335 e. The largest absolute Gasteiger partial charge is 0.489 e. The van der Waals surface area contributed by atoms with Gasteiger partial charge in [-0.05, 0) is 18.2 Å². The van der Waals surface area contributed by atoms with E-state index in [1.165, 1.54) is 18.2 Å². The number of alkyl halides is 1. The Morgan fingerprint density at radius 1 is 1.57 bits per heavy atom. The molecule has 0 aliphatic rings. The first kappa shape index (κ1) is 10.3. The first-order chi connectivity index (χ1) is 6.65. The Hall–Kier alpha value is -1.78. The summed E-state index contributed by atoms with van der Waals surface area (Å²) >= 11 is 0. The molecule has 3 N–H and O–H groups in total. The summed E-state index contributed by atoms with van der Waals surface area (Å²) in [5.41, 5.74) is 5.76. The first-order valence-electron chi connectivity index (χ1n) is 3.96. The summed E-state index contributed by atoms with van der Waals surface area (Å²) in [6.07, 6.45) is 0. The summed E-state index contributed by atoms with van der Waals surface area (Å²) in [5.74, 6) is -0.763. The van der Waals surface area contributed by atoms with E-state index in [9.17, 15) is 9.18 Å². The second-order valence-corrected chi connectivity index (χ2v) is 2.60. The van der Waals surface area contributed by atoms with Gasteiger partial charge < -0.3 is 15.6 Å². The van der Waals surface area contributed by atoms with Crippen molar-refractivity contribution in [2.45, 2.75) is 0 Å². The number of halogens is 1. The third-order valence-corrected chi connectivity index (χ3v) is 1.59. The Labute approximate surface area is 80.1 Å². The van der Waals surface area contributed by atoms with Gasteiger partial charge in [-0.25, -0.2) is 9.18 Å². The maximum absolute atomic E-state index is 11.8. The van der Waals surface area contributed by atoms with Crippen LogP contribution in [-0.4, -0.2) is 24.4 Å². The highest BCUT2D eigenvalue weighted by Crippen LogP contribution is 2.22. The topological polar surface area (TPSA) is 72.6 Å². The number of anilines is 1. The van der Waals surface area contributed by atoms with Gasteiger partial charge in [0.05, 0.1) is 11.3 Å². The van der Waals surface area contributed by atoms with Crippen LogP contribution in [0.4, 0.5) is 10.1 Å². The second-order valence-electron chi connectivity index (χ2n) is 2.60. The molecule has 76 valence electrons. The number of hydrogen-bond acceptors (Lipinski definition) is 3. The maximum atomic E-state index is 11.8. The maximum Gasteiger partial charge on any atom is 0.335 e. The number of rotatable bonds is 4. The lowest BCUT2D eigenvalue weighted by atomic mass is 10.2. The van der Waals surface area contributed by atoms with E-state index in [0.29, 0.717) is 5.75 Å². The molecule has 0 radical (unpaired) electrons. The van der Waals surface area contributed by atoms with Crippen LogP contribution in [-0.2, 0) is 0 Å². The zero-order chi connectivity index (χ0) is 10.6. The van der Waals surface area contributed by atoms with Crippen molar-refractivity contribution in [3.8, 4) is 5.75 Å². The minimum Gasteiger partial charge on any atom is -0.489 e. The molecule has 0 atom stereocenters. The van der Waals surface area contributed by atoms with Crippen LogP contribution in [0.5, 0.6) is 5.75 Å². The van der Waals surface area contributed by atoms with Gasteiger partial charge in [0, 0.05) is 0 Å². The highest BCUT2D eigenvalue weighted by Gasteiger charge is 2.06. The van der Waals surface area contributed by atoms with Crippen molar-refractivity contribution in [2.24, 2.45) is 0 Å². The molecule has 1 aromatic carbocycles. The van der Waals surface area contributed by atoms with E-state index in [1.54, 1.807) is 0 Å². The van der Waals surface area contributed by atoms with Crippen LogP contribution in [0.2, 0.25) is 0 Å². The Kier molecular flexibility index (Phi) is 3.28. The zero-order valence-corrected chi connectivity index (χ0v) is 7.37. The highest BCUT2D eigenvalue weighted by atomic mass is 19.1. The summed E-state index contributed by atoms with van der Waals surface area (Å²) in [5, 5.41) is 8.62. The summed E-state index contributed by atoms with van der Waals surface area (Å²) in [6, 6.07) is 4.04. The molecule has 0 amide bonds. The SMILES string of the molecule is Nc1cc(C(=O)O)ccc1OCCF. The molecule has 14 heavy (non-hydrogen) atoms. The van der Waals surface area contributed by atoms with Crippen molar-refractivity contribution in [3.05, 3.63) is 23.8 Å². The van der Waals surface area contributed by atoms with Crippen molar-refractivity contribution >= 4 is 11.7 Å². The van der Waals surface area contributed by atoms with Gasteiger partial charge in [-0.1, -0.05) is 0 Å². The fourth-order valence-electron chi connectivity index (χ4n) is 0.961. The van der Waals surface area contributed by atoms with E-state index < -0.39 is 12.6 Å². The number of ether oxygens (including phenoxy) is 1. The van der Waals surface area contributed by atoms with Crippen molar-refractivity contribution in [1.29, 1.82) is 0 Å². The summed E-state index contributed by atoms with van der Waals surface area (Å²) in [7, 11) is 0. The molecule has 5 heteroatoms. The molecule has 4 nitrogen and oxygen atoms in total. The molecule has 0 bridgehead atoms. The Morgan fingerprint density at radius 2 is 2.29 bits per heavy atom. The van der Waals surface area contributed by atoms with Crippen molar-refractivity contribution in [3.63, 3.8) is 0 Å². The van der Waals surface area contributed by atoms with Gasteiger partial charge in [-0.15, -0.1) is 0 Å². The van der Waals surface area contributed by atoms with Crippen LogP contribution in [0.15, 0.2) is 18.2 Å². The molecule has 0 spiro atoms. The predicted molar refractivity (Wildman–Crippen MR) is 49.3 cm³/mol. The minimum atomic E-state index is -1.06. The lowest BCUT2D eigenvalue weighted by Crippen LogP contribution is -2.03. The van der Waals surface area contributed by atoms with Crippen molar-refractivity contribution < 1.29 is 19.0 Å². The third kappa shape index (κ3) is 2.35. The molecule has 0 unspecified atom stereocenters. The van der Waals surface area contributed by atoms with E-state index >= 15 is 0 Å². The standard InChI is InChI=1S/C9H10FNO3/c10-3-4-14-8-2-1-6(9(12)13)5-7(8)11/h1-2,5H,3-4,11H2,(H,12,13). The van der Waals surface area contributed by atoms with Crippen molar-refractivity contribution in [2.75, 3.05) is 19.0 Å². The molecule has 0 fully saturated rings. The lowest BCUT2D eigenvalue weighted by molar-refractivity contribution is 0.0697. The van der Waals surface area contributed by atoms with Crippen LogP contribution < -0.4 is 10.5 Å².